The molecule has 66 valence electrons. The lowest BCUT2D eigenvalue weighted by Gasteiger charge is -2.27. The quantitative estimate of drug-likeness (QED) is 0.444. The van der Waals surface area contributed by atoms with E-state index in [-0.39, 0.29) is 5.79 Å². The van der Waals surface area contributed by atoms with Gasteiger partial charge >= 0.3 is 0 Å². The Balaban J connectivity index is 2.40. The molecule has 1 fully saturated rings. The van der Waals surface area contributed by atoms with E-state index in [0.717, 1.165) is 24.1 Å². The molecular weight excluding hydrogens is 255 g/mol. The van der Waals surface area contributed by atoms with Crippen LogP contribution in [-0.2, 0) is 9.47 Å². The zero-order valence-corrected chi connectivity index (χ0v) is 9.09. The Morgan fingerprint density at radius 2 is 1.91 bits per heavy atom. The second-order valence-corrected chi connectivity index (χ2v) is 3.43. The zero-order valence-electron chi connectivity index (χ0n) is 6.94. The van der Waals surface area contributed by atoms with Crippen LogP contribution < -0.4 is 0 Å². The first kappa shape index (κ1) is 9.74. The highest BCUT2D eigenvalue weighted by Crippen LogP contribution is 2.34. The van der Waals surface area contributed by atoms with Gasteiger partial charge in [0.25, 0.3) is 0 Å². The van der Waals surface area contributed by atoms with Gasteiger partial charge in [-0.1, -0.05) is 22.6 Å². The first-order valence-corrected chi connectivity index (χ1v) is 5.69. The fourth-order valence-electron chi connectivity index (χ4n) is 1.61. The van der Waals surface area contributed by atoms with Gasteiger partial charge in [0.1, 0.15) is 4.61 Å². The third-order valence-electron chi connectivity index (χ3n) is 2.09. The molecule has 3 heteroatoms. The van der Waals surface area contributed by atoms with Crippen molar-refractivity contribution in [1.82, 2.24) is 0 Å². The van der Waals surface area contributed by atoms with E-state index in [0.29, 0.717) is 0 Å². The number of rotatable bonds is 4. The molecule has 0 heterocycles. The fourth-order valence-corrected chi connectivity index (χ4v) is 2.17. The second kappa shape index (κ2) is 4.62. The molecule has 0 aromatic heterocycles. The Morgan fingerprint density at radius 1 is 1.27 bits per heavy atom. The zero-order chi connectivity index (χ0) is 8.16. The Hall–Kier alpha value is 0.650. The van der Waals surface area contributed by atoms with Crippen LogP contribution in [0.15, 0.2) is 0 Å². The van der Waals surface area contributed by atoms with Crippen molar-refractivity contribution in [2.24, 2.45) is 0 Å². The van der Waals surface area contributed by atoms with Gasteiger partial charge in [0.15, 0.2) is 5.79 Å². The van der Waals surface area contributed by atoms with Gasteiger partial charge in [0.05, 0.1) is 0 Å². The van der Waals surface area contributed by atoms with Gasteiger partial charge < -0.3 is 9.47 Å². The van der Waals surface area contributed by atoms with Gasteiger partial charge in [-0.25, -0.2) is 0 Å². The molecule has 0 N–H and O–H groups in total. The standard InChI is InChI=1S/C8H15IO2/c1-2-10-8(11-7-9)5-3-4-6-8/h2-7H2,1H3. The number of halogens is 1. The third-order valence-corrected chi connectivity index (χ3v) is 2.40. The van der Waals surface area contributed by atoms with Crippen LogP contribution in [0.2, 0.25) is 0 Å². The van der Waals surface area contributed by atoms with E-state index >= 15 is 0 Å². The maximum Gasteiger partial charge on any atom is 0.169 e. The third kappa shape index (κ3) is 2.56. The lowest BCUT2D eigenvalue weighted by atomic mass is 10.2. The Bertz CT molecular complexity index is 103. The van der Waals surface area contributed by atoms with Gasteiger partial charge in [0.2, 0.25) is 0 Å². The molecule has 1 saturated carbocycles. The van der Waals surface area contributed by atoms with E-state index in [1.165, 1.54) is 12.8 Å². The van der Waals surface area contributed by atoms with Crippen molar-refractivity contribution in [3.05, 3.63) is 0 Å². The molecule has 0 unspecified atom stereocenters. The molecule has 2 nitrogen and oxygen atoms in total. The van der Waals surface area contributed by atoms with Crippen LogP contribution in [-0.4, -0.2) is 17.0 Å². The monoisotopic (exact) mass is 270 g/mol. The van der Waals surface area contributed by atoms with Crippen molar-refractivity contribution >= 4 is 22.6 Å². The Morgan fingerprint density at radius 3 is 2.36 bits per heavy atom. The van der Waals surface area contributed by atoms with Gasteiger partial charge in [0, 0.05) is 19.4 Å². The van der Waals surface area contributed by atoms with E-state index in [1.54, 1.807) is 0 Å². The average molecular weight is 270 g/mol. The highest BCUT2D eigenvalue weighted by Gasteiger charge is 2.34. The summed E-state index contributed by atoms with van der Waals surface area (Å²) in [4.78, 5) is 0. The molecule has 1 rings (SSSR count). The maximum absolute atomic E-state index is 5.60. The first-order valence-electron chi connectivity index (χ1n) is 4.17. The SMILES string of the molecule is CCOC1(OCI)CCCC1. The fraction of sp³-hybridized carbons (Fsp3) is 1.00. The van der Waals surface area contributed by atoms with Gasteiger partial charge in [-0.05, 0) is 19.8 Å². The summed E-state index contributed by atoms with van der Waals surface area (Å²) in [6.07, 6.45) is 4.64. The smallest absolute Gasteiger partial charge is 0.169 e. The molecule has 0 amide bonds. The number of ether oxygens (including phenoxy) is 2. The van der Waals surface area contributed by atoms with Gasteiger partial charge in [-0.15, -0.1) is 0 Å². The minimum Gasteiger partial charge on any atom is -0.350 e. The summed E-state index contributed by atoms with van der Waals surface area (Å²) >= 11 is 2.22. The largest absolute Gasteiger partial charge is 0.350 e. The van der Waals surface area contributed by atoms with Crippen LogP contribution in [0.3, 0.4) is 0 Å². The summed E-state index contributed by atoms with van der Waals surface area (Å²) in [5.74, 6) is -0.212. The van der Waals surface area contributed by atoms with Crippen LogP contribution >= 0.6 is 22.6 Å². The molecule has 11 heavy (non-hydrogen) atoms. The minimum absolute atomic E-state index is 0.212. The van der Waals surface area contributed by atoms with Crippen molar-refractivity contribution in [3.63, 3.8) is 0 Å². The molecule has 0 aromatic carbocycles. The molecule has 0 radical (unpaired) electrons. The van der Waals surface area contributed by atoms with Crippen LogP contribution in [0.25, 0.3) is 0 Å². The van der Waals surface area contributed by atoms with Crippen LogP contribution in [0.5, 0.6) is 0 Å². The van der Waals surface area contributed by atoms with Gasteiger partial charge in [-0.2, -0.15) is 0 Å². The van der Waals surface area contributed by atoms with E-state index < -0.39 is 0 Å². The Labute approximate surface area is 81.8 Å². The normalized spacial score (nSPS) is 22.4. The lowest BCUT2D eigenvalue weighted by Crippen LogP contribution is -2.32. The number of hydrogen-bond donors (Lipinski definition) is 0. The molecule has 0 saturated heterocycles. The van der Waals surface area contributed by atoms with Crippen molar-refractivity contribution in [1.29, 1.82) is 0 Å². The Kier molecular flexibility index (Phi) is 4.09. The molecule has 0 atom stereocenters. The predicted octanol–water partition coefficient (Wildman–Crippen LogP) is 2.70. The number of hydrogen-bond acceptors (Lipinski definition) is 2. The summed E-state index contributed by atoms with van der Waals surface area (Å²) in [5, 5.41) is 0. The van der Waals surface area contributed by atoms with Crippen molar-refractivity contribution in [2.45, 2.75) is 38.4 Å². The van der Waals surface area contributed by atoms with Crippen molar-refractivity contribution < 1.29 is 9.47 Å². The molecule has 0 aromatic rings. The molecular formula is C8H15IO2. The molecule has 0 bridgehead atoms. The number of alkyl halides is 1. The highest BCUT2D eigenvalue weighted by molar-refractivity contribution is 14.1. The van der Waals surface area contributed by atoms with Crippen molar-refractivity contribution in [2.75, 3.05) is 11.2 Å². The average Bonchev–Trinajstić information content (AvgIpc) is 2.39. The molecule has 0 aliphatic heterocycles. The van der Waals surface area contributed by atoms with Crippen molar-refractivity contribution in [3.8, 4) is 0 Å². The van der Waals surface area contributed by atoms with E-state index in [9.17, 15) is 0 Å². The maximum atomic E-state index is 5.60. The minimum atomic E-state index is -0.212. The second-order valence-electron chi connectivity index (χ2n) is 2.80. The topological polar surface area (TPSA) is 18.5 Å². The van der Waals surface area contributed by atoms with E-state index in [1.807, 2.05) is 6.92 Å². The molecule has 1 aliphatic rings. The summed E-state index contributed by atoms with van der Waals surface area (Å²) in [6, 6.07) is 0. The van der Waals surface area contributed by atoms with Gasteiger partial charge in [-0.3, -0.25) is 0 Å². The summed E-state index contributed by atoms with van der Waals surface area (Å²) in [7, 11) is 0. The first-order chi connectivity index (χ1) is 5.33. The van der Waals surface area contributed by atoms with Crippen LogP contribution in [0.4, 0.5) is 0 Å². The van der Waals surface area contributed by atoms with Crippen LogP contribution in [0, 0.1) is 0 Å². The lowest BCUT2D eigenvalue weighted by molar-refractivity contribution is -0.216. The van der Waals surface area contributed by atoms with E-state index in [2.05, 4.69) is 22.6 Å². The summed E-state index contributed by atoms with van der Waals surface area (Å²) in [6.45, 7) is 2.78. The summed E-state index contributed by atoms with van der Waals surface area (Å²) in [5.41, 5.74) is 0. The van der Waals surface area contributed by atoms with Crippen LogP contribution in [0.1, 0.15) is 32.6 Å². The molecule has 0 spiro atoms. The summed E-state index contributed by atoms with van der Waals surface area (Å²) < 4.78 is 11.9. The molecule has 1 aliphatic carbocycles. The predicted molar refractivity (Wildman–Crippen MR) is 52.8 cm³/mol. The van der Waals surface area contributed by atoms with E-state index in [4.69, 9.17) is 9.47 Å². The highest BCUT2D eigenvalue weighted by atomic mass is 127.